The molecule has 0 bridgehead atoms. The van der Waals surface area contributed by atoms with E-state index in [1.54, 1.807) is 12.1 Å². The fourth-order valence-electron chi connectivity index (χ4n) is 2.12. The molecule has 25 heavy (non-hydrogen) atoms. The van der Waals surface area contributed by atoms with Crippen molar-refractivity contribution in [1.82, 2.24) is 4.90 Å². The molecule has 0 atom stereocenters. The Hall–Kier alpha value is -2.49. The van der Waals surface area contributed by atoms with Crippen LogP contribution in [0.15, 0.2) is 42.5 Å². The number of nitro benzene ring substituents is 1. The van der Waals surface area contributed by atoms with Crippen molar-refractivity contribution in [2.24, 2.45) is 0 Å². The van der Waals surface area contributed by atoms with Crippen LogP contribution in [0.25, 0.3) is 0 Å². The van der Waals surface area contributed by atoms with E-state index in [1.807, 2.05) is 41.6 Å². The molecule has 0 aliphatic rings. The van der Waals surface area contributed by atoms with E-state index in [0.717, 1.165) is 5.56 Å². The molecule has 2 amide bonds. The van der Waals surface area contributed by atoms with Gasteiger partial charge in [-0.2, -0.15) is 0 Å². The molecule has 0 saturated heterocycles. The number of benzene rings is 2. The van der Waals surface area contributed by atoms with E-state index >= 15 is 0 Å². The van der Waals surface area contributed by atoms with Gasteiger partial charge in [0.2, 0.25) is 5.91 Å². The van der Waals surface area contributed by atoms with E-state index in [1.165, 1.54) is 30.1 Å². The number of nitrogens with zero attached hydrogens (tertiary/aromatic N) is 2. The van der Waals surface area contributed by atoms with Crippen molar-refractivity contribution >= 4 is 45.8 Å². The summed E-state index contributed by atoms with van der Waals surface area (Å²) in [6.07, 6.45) is 0. The number of nitro groups is 1. The third-order valence-electron chi connectivity index (χ3n) is 3.45. The molecule has 0 fully saturated rings. The van der Waals surface area contributed by atoms with Crippen LogP contribution in [0.2, 0.25) is 0 Å². The molecule has 0 aliphatic carbocycles. The molecule has 0 spiro atoms. The maximum atomic E-state index is 12.5. The van der Waals surface area contributed by atoms with Gasteiger partial charge in [-0.3, -0.25) is 19.7 Å². The second-order valence-electron chi connectivity index (χ2n) is 5.50. The predicted octanol–water partition coefficient (Wildman–Crippen LogP) is 3.22. The first-order valence-electron chi connectivity index (χ1n) is 7.34. The average Bonchev–Trinajstić information content (AvgIpc) is 2.56. The van der Waals surface area contributed by atoms with E-state index in [2.05, 4.69) is 5.32 Å². The second-order valence-corrected chi connectivity index (χ2v) is 6.66. The van der Waals surface area contributed by atoms with E-state index in [9.17, 15) is 19.7 Å². The minimum absolute atomic E-state index is 0.161. The highest BCUT2D eigenvalue weighted by Gasteiger charge is 2.20. The highest BCUT2D eigenvalue weighted by atomic mass is 127. The molecule has 2 rings (SSSR count). The van der Waals surface area contributed by atoms with Crippen molar-refractivity contribution in [2.75, 3.05) is 18.9 Å². The Morgan fingerprint density at radius 3 is 2.44 bits per heavy atom. The van der Waals surface area contributed by atoms with Gasteiger partial charge in [0, 0.05) is 28.4 Å². The maximum absolute atomic E-state index is 12.5. The first-order valence-corrected chi connectivity index (χ1v) is 8.41. The molecule has 0 radical (unpaired) electrons. The van der Waals surface area contributed by atoms with Crippen LogP contribution in [0.4, 0.5) is 11.4 Å². The largest absolute Gasteiger partial charge is 0.332 e. The molecule has 0 saturated carbocycles. The van der Waals surface area contributed by atoms with Gasteiger partial charge in [-0.15, -0.1) is 0 Å². The molecular weight excluding hydrogens is 437 g/mol. The van der Waals surface area contributed by atoms with Crippen molar-refractivity contribution < 1.29 is 14.5 Å². The minimum atomic E-state index is -0.559. The van der Waals surface area contributed by atoms with Gasteiger partial charge in [-0.1, -0.05) is 17.7 Å². The molecule has 1 N–H and O–H groups in total. The first-order chi connectivity index (χ1) is 11.8. The molecule has 7 nitrogen and oxygen atoms in total. The predicted molar refractivity (Wildman–Crippen MR) is 103 cm³/mol. The quantitative estimate of drug-likeness (QED) is 0.428. The minimum Gasteiger partial charge on any atom is -0.332 e. The zero-order chi connectivity index (χ0) is 18.6. The molecule has 0 heterocycles. The lowest BCUT2D eigenvalue weighted by atomic mass is 10.2. The van der Waals surface area contributed by atoms with Gasteiger partial charge in [0.05, 0.1) is 17.0 Å². The van der Waals surface area contributed by atoms with Crippen molar-refractivity contribution in [1.29, 1.82) is 0 Å². The summed E-state index contributed by atoms with van der Waals surface area (Å²) in [7, 11) is 1.48. The van der Waals surface area contributed by atoms with E-state index in [4.69, 9.17) is 0 Å². The molecule has 0 aromatic heterocycles. The Balaban J connectivity index is 2.07. The van der Waals surface area contributed by atoms with Crippen LogP contribution in [0.3, 0.4) is 0 Å². The number of carbonyl (C=O) groups excluding carboxylic acids is 2. The van der Waals surface area contributed by atoms with Crippen LogP contribution in [0.1, 0.15) is 15.9 Å². The third kappa shape index (κ3) is 4.99. The number of hydrogen-bond donors (Lipinski definition) is 1. The summed E-state index contributed by atoms with van der Waals surface area (Å²) >= 11 is 1.93. The smallest absolute Gasteiger partial charge is 0.270 e. The van der Waals surface area contributed by atoms with Crippen LogP contribution >= 0.6 is 22.6 Å². The first kappa shape index (κ1) is 18.8. The normalized spacial score (nSPS) is 10.2. The number of amides is 2. The number of aryl methyl sites for hydroxylation is 1. The SMILES string of the molecule is Cc1ccc(NC(=O)CN(C)C(=O)c2cc([N+](=O)[O-])ccc2I)cc1. The summed E-state index contributed by atoms with van der Waals surface area (Å²) in [6.45, 7) is 1.78. The van der Waals surface area contributed by atoms with Gasteiger partial charge >= 0.3 is 0 Å². The van der Waals surface area contributed by atoms with Gasteiger partial charge in [0.15, 0.2) is 0 Å². The van der Waals surface area contributed by atoms with Crippen LogP contribution in [-0.2, 0) is 4.79 Å². The van der Waals surface area contributed by atoms with Crippen LogP contribution < -0.4 is 5.32 Å². The fraction of sp³-hybridized carbons (Fsp3) is 0.176. The third-order valence-corrected chi connectivity index (χ3v) is 4.39. The Labute approximate surface area is 158 Å². The fourth-order valence-corrected chi connectivity index (χ4v) is 2.69. The summed E-state index contributed by atoms with van der Waals surface area (Å²) in [5.41, 5.74) is 1.74. The number of nitrogens with one attached hydrogen (secondary N) is 1. The topological polar surface area (TPSA) is 92.6 Å². The lowest BCUT2D eigenvalue weighted by Crippen LogP contribution is -2.35. The average molecular weight is 453 g/mol. The van der Waals surface area contributed by atoms with E-state index < -0.39 is 10.8 Å². The lowest BCUT2D eigenvalue weighted by molar-refractivity contribution is -0.384. The van der Waals surface area contributed by atoms with Gasteiger partial charge in [-0.25, -0.2) is 0 Å². The molecule has 2 aromatic carbocycles. The van der Waals surface area contributed by atoms with Crippen LogP contribution in [-0.4, -0.2) is 35.2 Å². The van der Waals surface area contributed by atoms with Gasteiger partial charge < -0.3 is 10.2 Å². The van der Waals surface area contributed by atoms with Gasteiger partial charge in [0.1, 0.15) is 0 Å². The number of non-ortho nitro benzene ring substituents is 1. The molecule has 8 heteroatoms. The van der Waals surface area contributed by atoms with Crippen molar-refractivity contribution in [3.63, 3.8) is 0 Å². The van der Waals surface area contributed by atoms with Crippen molar-refractivity contribution in [2.45, 2.75) is 6.92 Å². The number of hydrogen-bond acceptors (Lipinski definition) is 4. The molecule has 2 aromatic rings. The zero-order valence-corrected chi connectivity index (χ0v) is 15.8. The number of likely N-dealkylation sites (N-methyl/N-ethyl adjacent to an activating group) is 1. The Kier molecular flexibility index (Phi) is 6.07. The van der Waals surface area contributed by atoms with E-state index in [0.29, 0.717) is 9.26 Å². The molecule has 0 aliphatic heterocycles. The highest BCUT2D eigenvalue weighted by Crippen LogP contribution is 2.20. The van der Waals surface area contributed by atoms with E-state index in [-0.39, 0.29) is 23.7 Å². The number of rotatable bonds is 5. The second kappa shape index (κ2) is 8.06. The zero-order valence-electron chi connectivity index (χ0n) is 13.7. The molecular formula is C17H16IN3O4. The summed E-state index contributed by atoms with van der Waals surface area (Å²) in [4.78, 5) is 36.1. The summed E-state index contributed by atoms with van der Waals surface area (Å²) < 4.78 is 0.582. The Morgan fingerprint density at radius 1 is 1.20 bits per heavy atom. The van der Waals surface area contributed by atoms with Crippen molar-refractivity contribution in [3.8, 4) is 0 Å². The summed E-state index contributed by atoms with van der Waals surface area (Å²) in [5.74, 6) is -0.799. The van der Waals surface area contributed by atoms with Gasteiger partial charge in [-0.05, 0) is 47.7 Å². The number of halogens is 1. The summed E-state index contributed by atoms with van der Waals surface area (Å²) in [6, 6.07) is 11.4. The number of carbonyl (C=O) groups is 2. The summed E-state index contributed by atoms with van der Waals surface area (Å²) in [5, 5.41) is 13.6. The Morgan fingerprint density at radius 2 is 1.84 bits per heavy atom. The standard InChI is InChI=1S/C17H16IN3O4/c1-11-3-5-12(6-4-11)19-16(22)10-20(2)17(23)14-9-13(21(24)25)7-8-15(14)18/h3-9H,10H2,1-2H3,(H,19,22). The Bertz CT molecular complexity index is 821. The molecule has 0 unspecified atom stereocenters. The van der Waals surface area contributed by atoms with Crippen molar-refractivity contribution in [3.05, 3.63) is 67.3 Å². The van der Waals surface area contributed by atoms with Crippen LogP contribution in [0.5, 0.6) is 0 Å². The lowest BCUT2D eigenvalue weighted by Gasteiger charge is -2.17. The highest BCUT2D eigenvalue weighted by molar-refractivity contribution is 14.1. The maximum Gasteiger partial charge on any atom is 0.270 e. The number of anilines is 1. The molecule has 130 valence electrons. The van der Waals surface area contributed by atoms with Gasteiger partial charge in [0.25, 0.3) is 11.6 Å². The monoisotopic (exact) mass is 453 g/mol. The van der Waals surface area contributed by atoms with Crippen LogP contribution in [0, 0.1) is 20.6 Å².